The summed E-state index contributed by atoms with van der Waals surface area (Å²) < 4.78 is 0. The molecule has 21 heavy (non-hydrogen) atoms. The number of rotatable bonds is 3. The minimum atomic E-state index is -0.787. The summed E-state index contributed by atoms with van der Waals surface area (Å²) in [5, 5.41) is 9.10. The van der Waals surface area contributed by atoms with Gasteiger partial charge in [-0.25, -0.2) is 0 Å². The Bertz CT molecular complexity index is 567. The zero-order valence-corrected chi connectivity index (χ0v) is 12.2. The van der Waals surface area contributed by atoms with Gasteiger partial charge >= 0.3 is 5.97 Å². The zero-order chi connectivity index (χ0) is 14.8. The smallest absolute Gasteiger partial charge is 0.308 e. The van der Waals surface area contributed by atoms with Crippen molar-refractivity contribution in [2.45, 2.75) is 38.5 Å². The van der Waals surface area contributed by atoms with E-state index in [1.165, 1.54) is 17.5 Å². The fourth-order valence-corrected chi connectivity index (χ4v) is 3.43. The van der Waals surface area contributed by atoms with E-state index >= 15 is 0 Å². The second-order valence-electron chi connectivity index (χ2n) is 6.15. The van der Waals surface area contributed by atoms with Gasteiger partial charge in [-0.15, -0.1) is 0 Å². The van der Waals surface area contributed by atoms with E-state index in [1.807, 2.05) is 6.07 Å². The lowest BCUT2D eigenvalue weighted by atomic mass is 9.97. The molecule has 112 valence electrons. The molecule has 1 fully saturated rings. The predicted octanol–water partition coefficient (Wildman–Crippen LogP) is 2.04. The van der Waals surface area contributed by atoms with Crippen LogP contribution in [0, 0.1) is 5.92 Å². The summed E-state index contributed by atoms with van der Waals surface area (Å²) in [7, 11) is 0. The van der Waals surface area contributed by atoms with Gasteiger partial charge in [0, 0.05) is 13.1 Å². The number of aryl methyl sites for hydroxylation is 2. The standard InChI is InChI=1S/C17H21NO3/c19-16(18-8-2-5-15(11-18)17(20)21)10-12-6-7-13-3-1-4-14(13)9-12/h6-7,9,15H,1-5,8,10-11H2,(H,20,21)/t15-/m0/s1. The normalized spacial score (nSPS) is 21.1. The fraction of sp³-hybridized carbons (Fsp3) is 0.529. The van der Waals surface area contributed by atoms with Crippen molar-refractivity contribution >= 4 is 11.9 Å². The minimum absolute atomic E-state index is 0.0545. The molecule has 1 amide bonds. The molecule has 1 heterocycles. The van der Waals surface area contributed by atoms with Crippen LogP contribution in [-0.4, -0.2) is 35.0 Å². The van der Waals surface area contributed by atoms with Crippen molar-refractivity contribution in [1.82, 2.24) is 4.90 Å². The van der Waals surface area contributed by atoms with Gasteiger partial charge < -0.3 is 10.0 Å². The van der Waals surface area contributed by atoms with Crippen LogP contribution >= 0.6 is 0 Å². The third-order valence-electron chi connectivity index (χ3n) is 4.64. The third-order valence-corrected chi connectivity index (χ3v) is 4.64. The zero-order valence-electron chi connectivity index (χ0n) is 12.2. The summed E-state index contributed by atoms with van der Waals surface area (Å²) in [6, 6.07) is 6.33. The molecule has 1 saturated heterocycles. The predicted molar refractivity (Wildman–Crippen MR) is 79.1 cm³/mol. The first-order valence-electron chi connectivity index (χ1n) is 7.75. The Balaban J connectivity index is 1.64. The summed E-state index contributed by atoms with van der Waals surface area (Å²) in [6.07, 6.45) is 5.32. The molecular weight excluding hydrogens is 266 g/mol. The Morgan fingerprint density at radius 2 is 2.00 bits per heavy atom. The molecule has 1 N–H and O–H groups in total. The Morgan fingerprint density at radius 1 is 1.19 bits per heavy atom. The van der Waals surface area contributed by atoms with Crippen LogP contribution in [0.15, 0.2) is 18.2 Å². The molecule has 0 aromatic heterocycles. The molecule has 0 unspecified atom stereocenters. The lowest BCUT2D eigenvalue weighted by Gasteiger charge is -2.30. The van der Waals surface area contributed by atoms with Gasteiger partial charge in [-0.05, 0) is 48.8 Å². The molecule has 1 aliphatic heterocycles. The van der Waals surface area contributed by atoms with Crippen molar-refractivity contribution < 1.29 is 14.7 Å². The lowest BCUT2D eigenvalue weighted by Crippen LogP contribution is -2.43. The highest BCUT2D eigenvalue weighted by atomic mass is 16.4. The van der Waals surface area contributed by atoms with Crippen molar-refractivity contribution in [2.75, 3.05) is 13.1 Å². The van der Waals surface area contributed by atoms with Gasteiger partial charge in [0.2, 0.25) is 5.91 Å². The van der Waals surface area contributed by atoms with E-state index in [2.05, 4.69) is 12.1 Å². The molecule has 4 nitrogen and oxygen atoms in total. The van der Waals surface area contributed by atoms with Crippen molar-refractivity contribution in [3.8, 4) is 0 Å². The summed E-state index contributed by atoms with van der Waals surface area (Å²) in [6.45, 7) is 1.05. The number of carbonyl (C=O) groups is 2. The highest BCUT2D eigenvalue weighted by molar-refractivity contribution is 5.80. The van der Waals surface area contributed by atoms with Crippen LogP contribution in [-0.2, 0) is 28.9 Å². The van der Waals surface area contributed by atoms with Gasteiger partial charge in [-0.1, -0.05) is 18.2 Å². The molecule has 3 rings (SSSR count). The van der Waals surface area contributed by atoms with Gasteiger partial charge in [0.1, 0.15) is 0 Å². The van der Waals surface area contributed by atoms with E-state index in [4.69, 9.17) is 5.11 Å². The number of aliphatic carboxylic acids is 1. The number of nitrogens with zero attached hydrogens (tertiary/aromatic N) is 1. The quantitative estimate of drug-likeness (QED) is 0.925. The SMILES string of the molecule is O=C(O)[C@H]1CCCN(C(=O)Cc2ccc3c(c2)CCC3)C1. The number of amides is 1. The maximum Gasteiger partial charge on any atom is 0.308 e. The van der Waals surface area contributed by atoms with Crippen LogP contribution in [0.1, 0.15) is 36.0 Å². The molecule has 1 aliphatic carbocycles. The molecular formula is C17H21NO3. The van der Waals surface area contributed by atoms with Crippen molar-refractivity contribution in [2.24, 2.45) is 5.92 Å². The van der Waals surface area contributed by atoms with Crippen molar-refractivity contribution in [3.05, 3.63) is 34.9 Å². The summed E-state index contributed by atoms with van der Waals surface area (Å²) in [5.41, 5.74) is 3.84. The minimum Gasteiger partial charge on any atom is -0.481 e. The number of carboxylic acids is 1. The molecule has 0 radical (unpaired) electrons. The number of fused-ring (bicyclic) bond motifs is 1. The van der Waals surface area contributed by atoms with Crippen LogP contribution in [0.2, 0.25) is 0 Å². The molecule has 1 aromatic carbocycles. The van der Waals surface area contributed by atoms with Crippen LogP contribution < -0.4 is 0 Å². The van der Waals surface area contributed by atoms with E-state index in [1.54, 1.807) is 4.90 Å². The van der Waals surface area contributed by atoms with Crippen molar-refractivity contribution in [3.63, 3.8) is 0 Å². The lowest BCUT2D eigenvalue weighted by molar-refractivity contribution is -0.145. The second kappa shape index (κ2) is 5.88. The van der Waals surface area contributed by atoms with Gasteiger partial charge in [0.15, 0.2) is 0 Å². The van der Waals surface area contributed by atoms with Crippen molar-refractivity contribution in [1.29, 1.82) is 0 Å². The largest absolute Gasteiger partial charge is 0.481 e. The van der Waals surface area contributed by atoms with Gasteiger partial charge in [-0.3, -0.25) is 9.59 Å². The number of carboxylic acid groups (broad SMARTS) is 1. The Kier molecular flexibility index (Phi) is 3.95. The maximum absolute atomic E-state index is 12.4. The third kappa shape index (κ3) is 3.09. The maximum atomic E-state index is 12.4. The molecule has 4 heteroatoms. The first-order valence-corrected chi connectivity index (χ1v) is 7.75. The Labute approximate surface area is 124 Å². The topological polar surface area (TPSA) is 57.6 Å². The number of benzene rings is 1. The Hall–Kier alpha value is -1.84. The highest BCUT2D eigenvalue weighted by Crippen LogP contribution is 2.24. The number of hydrogen-bond acceptors (Lipinski definition) is 2. The molecule has 0 bridgehead atoms. The first kappa shape index (κ1) is 14.1. The fourth-order valence-electron chi connectivity index (χ4n) is 3.43. The van der Waals surface area contributed by atoms with E-state index < -0.39 is 11.9 Å². The average Bonchev–Trinajstić information content (AvgIpc) is 2.95. The Morgan fingerprint density at radius 3 is 2.81 bits per heavy atom. The number of hydrogen-bond donors (Lipinski definition) is 1. The van der Waals surface area contributed by atoms with Crippen LogP contribution in [0.3, 0.4) is 0 Å². The highest BCUT2D eigenvalue weighted by Gasteiger charge is 2.28. The molecule has 0 spiro atoms. The molecule has 2 aliphatic rings. The van der Waals surface area contributed by atoms with Gasteiger partial charge in [-0.2, -0.15) is 0 Å². The monoisotopic (exact) mass is 287 g/mol. The van der Waals surface area contributed by atoms with E-state index in [0.29, 0.717) is 25.9 Å². The molecule has 1 aromatic rings. The van der Waals surface area contributed by atoms with Crippen LogP contribution in [0.25, 0.3) is 0 Å². The van der Waals surface area contributed by atoms with Gasteiger partial charge in [0.25, 0.3) is 0 Å². The van der Waals surface area contributed by atoms with Crippen LogP contribution in [0.5, 0.6) is 0 Å². The van der Waals surface area contributed by atoms with Crippen LogP contribution in [0.4, 0.5) is 0 Å². The molecule has 1 atom stereocenters. The summed E-state index contributed by atoms with van der Waals surface area (Å²) >= 11 is 0. The van der Waals surface area contributed by atoms with E-state index in [0.717, 1.165) is 24.8 Å². The second-order valence-corrected chi connectivity index (χ2v) is 6.15. The van der Waals surface area contributed by atoms with E-state index in [-0.39, 0.29) is 5.91 Å². The average molecular weight is 287 g/mol. The number of likely N-dealkylation sites (tertiary alicyclic amines) is 1. The van der Waals surface area contributed by atoms with E-state index in [9.17, 15) is 9.59 Å². The molecule has 0 saturated carbocycles. The first-order chi connectivity index (χ1) is 10.1. The number of carbonyl (C=O) groups excluding carboxylic acids is 1. The summed E-state index contributed by atoms with van der Waals surface area (Å²) in [4.78, 5) is 25.2. The number of piperidine rings is 1. The van der Waals surface area contributed by atoms with Gasteiger partial charge in [0.05, 0.1) is 12.3 Å². The summed E-state index contributed by atoms with van der Waals surface area (Å²) in [5.74, 6) is -1.13.